The molecule has 0 radical (unpaired) electrons. The van der Waals surface area contributed by atoms with E-state index in [1.54, 1.807) is 37.3 Å². The van der Waals surface area contributed by atoms with E-state index in [9.17, 15) is 36.3 Å². The molecule has 0 amide bonds. The molecule has 0 bridgehead atoms. The van der Waals surface area contributed by atoms with E-state index in [4.69, 9.17) is 4.74 Å². The van der Waals surface area contributed by atoms with Gasteiger partial charge in [0.15, 0.2) is 0 Å². The lowest BCUT2D eigenvalue weighted by Crippen LogP contribution is -2.49. The lowest BCUT2D eigenvalue weighted by atomic mass is 9.92. The molecule has 0 spiro atoms. The third-order valence-corrected chi connectivity index (χ3v) is 10.3. The number of carbonyl (C=O) groups is 2. The Morgan fingerprint density at radius 1 is 1.24 bits per heavy atom. The van der Waals surface area contributed by atoms with Gasteiger partial charge >= 0.3 is 18.1 Å². The molecule has 1 fully saturated rings. The predicted octanol–water partition coefficient (Wildman–Crippen LogP) is 4.16. The van der Waals surface area contributed by atoms with Crippen molar-refractivity contribution in [2.45, 2.75) is 34.7 Å². The first kappa shape index (κ1) is 28.1. The Morgan fingerprint density at radius 3 is 2.55 bits per heavy atom. The van der Waals surface area contributed by atoms with Crippen LogP contribution >= 0.6 is 23.1 Å². The number of aromatic nitrogens is 1. The minimum absolute atomic E-state index is 0.0449. The van der Waals surface area contributed by atoms with Crippen LogP contribution < -0.4 is 4.72 Å². The summed E-state index contributed by atoms with van der Waals surface area (Å²) in [6.07, 6.45) is -4.84. The first-order valence-electron chi connectivity index (χ1n) is 11.0. The van der Waals surface area contributed by atoms with E-state index in [0.29, 0.717) is 23.0 Å². The topological polar surface area (TPSA) is 136 Å². The maximum absolute atomic E-state index is 13.3. The Balaban J connectivity index is 1.62. The fourth-order valence-corrected chi connectivity index (χ4v) is 8.05. The Kier molecular flexibility index (Phi) is 7.67. The molecule has 2 aromatic heterocycles. The number of nitrogens with one attached hydrogen (secondary N) is 1. The number of carboxylic acids is 1. The number of sulfonamides is 1. The summed E-state index contributed by atoms with van der Waals surface area (Å²) in [5.41, 5.74) is -2.72. The number of thiophene rings is 1. The predicted molar refractivity (Wildman–Crippen MR) is 132 cm³/mol. The molecule has 1 aliphatic carbocycles. The minimum Gasteiger partial charge on any atom is -0.480 e. The molecule has 2 atom stereocenters. The molecule has 1 aliphatic rings. The Morgan fingerprint density at radius 2 is 1.95 bits per heavy atom. The van der Waals surface area contributed by atoms with E-state index >= 15 is 0 Å². The van der Waals surface area contributed by atoms with Crippen molar-refractivity contribution in [1.29, 1.82) is 0 Å². The van der Waals surface area contributed by atoms with Gasteiger partial charge in [-0.1, -0.05) is 35.5 Å². The average molecular weight is 591 g/mol. The van der Waals surface area contributed by atoms with Crippen molar-refractivity contribution in [2.75, 3.05) is 18.1 Å². The van der Waals surface area contributed by atoms with Gasteiger partial charge in [-0.25, -0.2) is 8.42 Å². The van der Waals surface area contributed by atoms with E-state index in [2.05, 4.69) is 14.4 Å². The van der Waals surface area contributed by atoms with E-state index in [0.717, 1.165) is 17.8 Å². The summed E-state index contributed by atoms with van der Waals surface area (Å²) in [7, 11) is -4.43. The highest BCUT2D eigenvalue weighted by atomic mass is 32.2. The number of thioether (sulfide) groups is 1. The fraction of sp³-hybridized carbons (Fsp3) is 0.348. The van der Waals surface area contributed by atoms with Crippen LogP contribution in [-0.4, -0.2) is 54.3 Å². The van der Waals surface area contributed by atoms with E-state index in [1.807, 2.05) is 0 Å². The lowest BCUT2D eigenvalue weighted by Gasteiger charge is -2.24. The van der Waals surface area contributed by atoms with Crippen molar-refractivity contribution in [3.63, 3.8) is 0 Å². The number of carbonyl (C=O) groups excluding carboxylic acids is 1. The summed E-state index contributed by atoms with van der Waals surface area (Å²) in [5, 5.41) is 13.6. The average Bonchev–Trinajstić information content (AvgIpc) is 3.23. The summed E-state index contributed by atoms with van der Waals surface area (Å²) in [6, 6.07) is 11.6. The third kappa shape index (κ3) is 5.32. The van der Waals surface area contributed by atoms with Crippen molar-refractivity contribution in [3.8, 4) is 10.6 Å². The zero-order chi connectivity index (χ0) is 27.8. The number of nitrogens with zero attached hydrogens (tertiary/aromatic N) is 1. The number of benzene rings is 1. The molecule has 9 nitrogen and oxygen atoms in total. The Labute approximate surface area is 223 Å². The van der Waals surface area contributed by atoms with Gasteiger partial charge in [0.2, 0.25) is 5.76 Å². The summed E-state index contributed by atoms with van der Waals surface area (Å²) in [4.78, 5) is 24.5. The molecular weight excluding hydrogens is 569 g/mol. The summed E-state index contributed by atoms with van der Waals surface area (Å²) in [6.45, 7) is 1.85. The number of halogens is 3. The van der Waals surface area contributed by atoms with Crippen molar-refractivity contribution in [1.82, 2.24) is 9.88 Å². The molecule has 1 aromatic carbocycles. The molecule has 0 aliphatic heterocycles. The van der Waals surface area contributed by atoms with Crippen LogP contribution in [0.15, 0.2) is 57.3 Å². The molecule has 0 saturated heterocycles. The first-order chi connectivity index (χ1) is 17.8. The second-order valence-electron chi connectivity index (χ2n) is 8.43. The van der Waals surface area contributed by atoms with E-state index in [-0.39, 0.29) is 39.3 Å². The molecule has 15 heteroatoms. The maximum Gasteiger partial charge on any atom is 0.452 e. The number of ether oxygens (including phenoxy) is 1. The van der Waals surface area contributed by atoms with Crippen LogP contribution in [0.4, 0.5) is 13.2 Å². The van der Waals surface area contributed by atoms with Gasteiger partial charge in [0.25, 0.3) is 10.0 Å². The Bertz CT molecular complexity index is 1440. The van der Waals surface area contributed by atoms with Crippen molar-refractivity contribution < 1.29 is 45.5 Å². The maximum atomic E-state index is 13.3. The van der Waals surface area contributed by atoms with Crippen LogP contribution in [0, 0.1) is 0 Å². The Hall–Kier alpha value is -2.88. The number of alkyl halides is 3. The molecular formula is C23H21F3N2O7S3. The lowest BCUT2D eigenvalue weighted by molar-refractivity contribution is -0.155. The smallest absolute Gasteiger partial charge is 0.452 e. The molecule has 38 heavy (non-hydrogen) atoms. The normalized spacial score (nSPS) is 21.3. The van der Waals surface area contributed by atoms with Crippen LogP contribution in [0.5, 0.6) is 0 Å². The van der Waals surface area contributed by atoms with Crippen LogP contribution in [0.25, 0.3) is 10.6 Å². The van der Waals surface area contributed by atoms with Gasteiger partial charge in [0, 0.05) is 17.2 Å². The van der Waals surface area contributed by atoms with Gasteiger partial charge in [-0.05, 0) is 31.0 Å². The van der Waals surface area contributed by atoms with Crippen molar-refractivity contribution in [2.24, 2.45) is 0 Å². The van der Waals surface area contributed by atoms with Gasteiger partial charge in [0.05, 0.1) is 17.2 Å². The molecule has 2 heterocycles. The van der Waals surface area contributed by atoms with Crippen LogP contribution in [0.1, 0.15) is 24.7 Å². The molecule has 4 rings (SSSR count). The van der Waals surface area contributed by atoms with E-state index < -0.39 is 44.9 Å². The summed E-state index contributed by atoms with van der Waals surface area (Å²) >= 11 is 1.75. The first-order valence-corrected chi connectivity index (χ1v) is 14.5. The molecule has 3 aromatic rings. The second-order valence-corrected chi connectivity index (χ2v) is 12.4. The van der Waals surface area contributed by atoms with Crippen LogP contribution in [0.3, 0.4) is 0 Å². The monoisotopic (exact) mass is 590 g/mol. The molecule has 1 saturated carbocycles. The summed E-state index contributed by atoms with van der Waals surface area (Å²) < 4.78 is 76.4. The highest BCUT2D eigenvalue weighted by molar-refractivity contribution is 8.00. The fourth-order valence-electron chi connectivity index (χ4n) is 4.15. The van der Waals surface area contributed by atoms with Crippen LogP contribution in [-0.2, 0) is 35.9 Å². The summed E-state index contributed by atoms with van der Waals surface area (Å²) in [5.74, 6) is -3.14. The number of aliphatic carboxylic acids is 1. The van der Waals surface area contributed by atoms with E-state index in [1.165, 1.54) is 6.07 Å². The van der Waals surface area contributed by atoms with Crippen molar-refractivity contribution >= 4 is 45.1 Å². The SMILES string of the molecule is CCOC(=O)CSCC1(c2ccccc2)CC1(NS(=O)(=O)c1ccc(-c2cc(C(F)(F)F)on2)s1)C(=O)O. The van der Waals surface area contributed by atoms with Crippen LogP contribution in [0.2, 0.25) is 0 Å². The van der Waals surface area contributed by atoms with Gasteiger partial charge < -0.3 is 14.4 Å². The highest BCUT2D eigenvalue weighted by Gasteiger charge is 2.74. The largest absolute Gasteiger partial charge is 0.480 e. The molecule has 2 N–H and O–H groups in total. The number of esters is 1. The number of hydrogen-bond acceptors (Lipinski definition) is 9. The molecule has 204 valence electrons. The molecule has 2 unspecified atom stereocenters. The third-order valence-electron chi connectivity index (χ3n) is 6.02. The standard InChI is InChI=1S/C23H21F3N2O7S3/c1-2-34-18(29)11-36-13-21(14-6-4-3-5-7-14)12-22(21,20(30)31)28-38(32,33)19-9-8-16(37-19)15-10-17(35-27-15)23(24,25)26/h3-10,28H,2,11-13H2,1H3,(H,30,31). The zero-order valence-corrected chi connectivity index (χ0v) is 22.1. The van der Waals surface area contributed by atoms with Gasteiger partial charge in [-0.3, -0.25) is 9.59 Å². The van der Waals surface area contributed by atoms with Gasteiger partial charge in [-0.2, -0.15) is 17.9 Å². The van der Waals surface area contributed by atoms with Crippen molar-refractivity contribution in [3.05, 3.63) is 59.9 Å². The number of carboxylic acid groups (broad SMARTS) is 1. The van der Waals surface area contributed by atoms with Gasteiger partial charge in [0.1, 0.15) is 15.4 Å². The second kappa shape index (κ2) is 10.4. The quantitative estimate of drug-likeness (QED) is 0.316. The number of rotatable bonds is 11. The zero-order valence-electron chi connectivity index (χ0n) is 19.6. The number of hydrogen-bond donors (Lipinski definition) is 2. The minimum atomic E-state index is -4.76. The highest BCUT2D eigenvalue weighted by Crippen LogP contribution is 2.60. The van der Waals surface area contributed by atoms with Gasteiger partial charge in [-0.15, -0.1) is 23.1 Å².